The third-order valence-corrected chi connectivity index (χ3v) is 3.50. The Morgan fingerprint density at radius 2 is 1.73 bits per heavy atom. The summed E-state index contributed by atoms with van der Waals surface area (Å²) >= 11 is 0. The van der Waals surface area contributed by atoms with E-state index < -0.39 is 18.1 Å². The Labute approximate surface area is 145 Å². The molecule has 1 aromatic rings. The van der Waals surface area contributed by atoms with E-state index in [-0.39, 0.29) is 22.8 Å². The molecular weight excluding hydrogens is 361 g/mol. The zero-order valence-electron chi connectivity index (χ0n) is 13.3. The van der Waals surface area contributed by atoms with Gasteiger partial charge in [-0.15, -0.1) is 0 Å². The van der Waals surface area contributed by atoms with Gasteiger partial charge >= 0.3 is 18.1 Å². The van der Waals surface area contributed by atoms with Gasteiger partial charge in [0.2, 0.25) is 5.91 Å². The minimum atomic E-state index is -5.08. The Hall–Kier alpha value is -2.82. The van der Waals surface area contributed by atoms with Crippen LogP contribution in [0.1, 0.15) is 36.0 Å². The molecule has 11 heteroatoms. The summed E-state index contributed by atoms with van der Waals surface area (Å²) in [5.74, 6) is -4.54. The molecule has 6 N–H and O–H groups in total. The van der Waals surface area contributed by atoms with Crippen LogP contribution in [0.5, 0.6) is 5.75 Å². The van der Waals surface area contributed by atoms with Gasteiger partial charge in [0.1, 0.15) is 11.3 Å². The molecular formula is C15H17F3N2O6. The second kappa shape index (κ2) is 8.04. The predicted octanol–water partition coefficient (Wildman–Crippen LogP) is 1.93. The smallest absolute Gasteiger partial charge is 0.490 e. The summed E-state index contributed by atoms with van der Waals surface area (Å²) < 4.78 is 31.7. The number of aliphatic carboxylic acids is 1. The summed E-state index contributed by atoms with van der Waals surface area (Å²) in [5, 5.41) is 27.9. The van der Waals surface area contributed by atoms with Gasteiger partial charge in [-0.3, -0.25) is 4.79 Å². The number of benzene rings is 1. The number of aromatic carboxylic acids is 1. The fourth-order valence-electron chi connectivity index (χ4n) is 1.78. The van der Waals surface area contributed by atoms with E-state index in [2.05, 4.69) is 5.32 Å². The molecule has 0 spiro atoms. The van der Waals surface area contributed by atoms with E-state index in [1.165, 1.54) is 18.2 Å². The van der Waals surface area contributed by atoms with Gasteiger partial charge in [-0.2, -0.15) is 13.2 Å². The first-order valence-corrected chi connectivity index (χ1v) is 7.29. The molecule has 1 fully saturated rings. The summed E-state index contributed by atoms with van der Waals surface area (Å²) in [6.45, 7) is 0. The van der Waals surface area contributed by atoms with Crippen molar-refractivity contribution in [3.63, 3.8) is 0 Å². The second-order valence-corrected chi connectivity index (χ2v) is 5.75. The summed E-state index contributed by atoms with van der Waals surface area (Å²) in [4.78, 5) is 31.4. The lowest BCUT2D eigenvalue weighted by Crippen LogP contribution is -2.24. The average molecular weight is 378 g/mol. The first-order valence-electron chi connectivity index (χ1n) is 7.29. The number of alkyl halides is 3. The van der Waals surface area contributed by atoms with E-state index >= 15 is 0 Å². The summed E-state index contributed by atoms with van der Waals surface area (Å²) in [6.07, 6.45) is -2.26. The molecule has 26 heavy (non-hydrogen) atoms. The van der Waals surface area contributed by atoms with Crippen molar-refractivity contribution >= 4 is 23.5 Å². The molecule has 1 amide bonds. The van der Waals surface area contributed by atoms with E-state index in [0.717, 1.165) is 12.8 Å². The van der Waals surface area contributed by atoms with E-state index in [4.69, 9.17) is 20.7 Å². The highest BCUT2D eigenvalue weighted by Crippen LogP contribution is 2.36. The number of rotatable bonds is 5. The van der Waals surface area contributed by atoms with E-state index in [9.17, 15) is 27.9 Å². The number of halogens is 3. The summed E-state index contributed by atoms with van der Waals surface area (Å²) in [6, 6.07) is 3.92. The van der Waals surface area contributed by atoms with Crippen LogP contribution in [0.25, 0.3) is 0 Å². The lowest BCUT2D eigenvalue weighted by molar-refractivity contribution is -0.192. The van der Waals surface area contributed by atoms with Gasteiger partial charge in [0, 0.05) is 17.6 Å². The molecule has 1 aromatic carbocycles. The number of hydrogen-bond acceptors (Lipinski definition) is 5. The van der Waals surface area contributed by atoms with E-state index in [0.29, 0.717) is 18.5 Å². The number of hydrogen-bond donors (Lipinski definition) is 5. The van der Waals surface area contributed by atoms with Crippen LogP contribution in [-0.4, -0.2) is 44.9 Å². The van der Waals surface area contributed by atoms with Gasteiger partial charge in [0.15, 0.2) is 0 Å². The van der Waals surface area contributed by atoms with Gasteiger partial charge in [-0.25, -0.2) is 9.59 Å². The number of nitrogens with one attached hydrogen (secondary N) is 1. The Balaban J connectivity index is 0.000000412. The molecule has 1 aliphatic carbocycles. The highest BCUT2D eigenvalue weighted by molar-refractivity contribution is 5.95. The minimum absolute atomic E-state index is 0.182. The third-order valence-electron chi connectivity index (χ3n) is 3.50. The molecule has 0 saturated heterocycles. The van der Waals surface area contributed by atoms with Crippen molar-refractivity contribution in [1.29, 1.82) is 0 Å². The number of nitrogens with two attached hydrogens (primary N) is 1. The Morgan fingerprint density at radius 1 is 1.19 bits per heavy atom. The molecule has 144 valence electrons. The van der Waals surface area contributed by atoms with Gasteiger partial charge in [-0.1, -0.05) is 0 Å². The van der Waals surface area contributed by atoms with Crippen LogP contribution in [0.15, 0.2) is 18.2 Å². The molecule has 0 radical (unpaired) electrons. The number of carbonyl (C=O) groups excluding carboxylic acids is 1. The molecule has 0 aromatic heterocycles. The SMILES string of the molecule is NC1(CCC(=O)Nc2ccc(O)c(C(=O)O)c2)CC1.O=C(O)C(F)(F)F. The number of phenols is 1. The zero-order chi connectivity index (χ0) is 20.1. The van der Waals surface area contributed by atoms with Crippen LogP contribution in [0, 0.1) is 0 Å². The molecule has 1 aliphatic rings. The second-order valence-electron chi connectivity index (χ2n) is 5.75. The molecule has 8 nitrogen and oxygen atoms in total. The normalized spacial score (nSPS) is 14.6. The number of carboxylic acids is 2. The number of anilines is 1. The highest BCUT2D eigenvalue weighted by atomic mass is 19.4. The van der Waals surface area contributed by atoms with Crippen molar-refractivity contribution in [3.05, 3.63) is 23.8 Å². The molecule has 0 heterocycles. The number of carbonyl (C=O) groups is 3. The minimum Gasteiger partial charge on any atom is -0.507 e. The molecule has 2 rings (SSSR count). The molecule has 0 bridgehead atoms. The molecule has 0 aliphatic heterocycles. The lowest BCUT2D eigenvalue weighted by Gasteiger charge is -2.09. The van der Waals surface area contributed by atoms with Crippen molar-refractivity contribution in [3.8, 4) is 5.75 Å². The summed E-state index contributed by atoms with van der Waals surface area (Å²) in [7, 11) is 0. The zero-order valence-corrected chi connectivity index (χ0v) is 13.3. The molecule has 0 atom stereocenters. The summed E-state index contributed by atoms with van der Waals surface area (Å²) in [5.41, 5.74) is 5.81. The Bertz CT molecular complexity index is 701. The van der Waals surface area contributed by atoms with Crippen LogP contribution in [0.2, 0.25) is 0 Å². The van der Waals surface area contributed by atoms with Crippen molar-refractivity contribution in [1.82, 2.24) is 0 Å². The number of carboxylic acid groups (broad SMARTS) is 2. The van der Waals surface area contributed by atoms with Gasteiger partial charge in [-0.05, 0) is 37.5 Å². The first-order chi connectivity index (χ1) is 11.8. The quantitative estimate of drug-likeness (QED) is 0.491. The Morgan fingerprint density at radius 3 is 2.15 bits per heavy atom. The number of aromatic hydroxyl groups is 1. The van der Waals surface area contributed by atoms with E-state index in [1.54, 1.807) is 0 Å². The molecule has 1 saturated carbocycles. The maximum absolute atomic E-state index is 11.7. The predicted molar refractivity (Wildman–Crippen MR) is 82.8 cm³/mol. The van der Waals surface area contributed by atoms with Gasteiger partial charge in [0.25, 0.3) is 0 Å². The largest absolute Gasteiger partial charge is 0.507 e. The van der Waals surface area contributed by atoms with Gasteiger partial charge < -0.3 is 26.4 Å². The fraction of sp³-hybridized carbons (Fsp3) is 0.400. The average Bonchev–Trinajstić information content (AvgIpc) is 3.25. The van der Waals surface area contributed by atoms with Crippen molar-refractivity contribution in [2.45, 2.75) is 37.4 Å². The van der Waals surface area contributed by atoms with Crippen LogP contribution in [0.4, 0.5) is 18.9 Å². The highest BCUT2D eigenvalue weighted by Gasteiger charge is 2.38. The first kappa shape index (κ1) is 21.2. The van der Waals surface area contributed by atoms with Crippen molar-refractivity contribution < 1.29 is 42.9 Å². The van der Waals surface area contributed by atoms with Crippen LogP contribution >= 0.6 is 0 Å². The third kappa shape index (κ3) is 6.97. The van der Waals surface area contributed by atoms with Gasteiger partial charge in [0.05, 0.1) is 0 Å². The maximum atomic E-state index is 11.7. The van der Waals surface area contributed by atoms with Crippen molar-refractivity contribution in [2.24, 2.45) is 5.73 Å². The lowest BCUT2D eigenvalue weighted by atomic mass is 10.1. The monoisotopic (exact) mass is 378 g/mol. The Kier molecular flexibility index (Phi) is 6.56. The fourth-order valence-corrected chi connectivity index (χ4v) is 1.78. The maximum Gasteiger partial charge on any atom is 0.490 e. The topological polar surface area (TPSA) is 150 Å². The van der Waals surface area contributed by atoms with Crippen molar-refractivity contribution in [2.75, 3.05) is 5.32 Å². The number of amides is 1. The molecule has 0 unspecified atom stereocenters. The standard InChI is InChI=1S/C13H16N2O4.C2HF3O2/c14-13(5-6-13)4-3-11(17)15-8-1-2-10(16)9(7-8)12(18)19;3-2(4,5)1(6)7/h1-2,7,16H,3-6,14H2,(H,15,17)(H,18,19);(H,6,7). The van der Waals surface area contributed by atoms with Crippen LogP contribution < -0.4 is 11.1 Å². The van der Waals surface area contributed by atoms with E-state index in [1.807, 2.05) is 0 Å². The van der Waals surface area contributed by atoms with Crippen LogP contribution in [-0.2, 0) is 9.59 Å². The van der Waals surface area contributed by atoms with Crippen LogP contribution in [0.3, 0.4) is 0 Å².